The summed E-state index contributed by atoms with van der Waals surface area (Å²) in [5.41, 5.74) is 6.45. The average molecular weight is 571 g/mol. The first-order valence-corrected chi connectivity index (χ1v) is 13.0. The number of nitrogens with two attached hydrogens (primary N) is 1. The Balaban J connectivity index is 1.41. The second-order valence-electron chi connectivity index (χ2n) is 10.2. The van der Waals surface area contributed by atoms with Gasteiger partial charge in [0.1, 0.15) is 22.7 Å². The van der Waals surface area contributed by atoms with Gasteiger partial charge in [0.2, 0.25) is 11.7 Å². The predicted octanol–water partition coefficient (Wildman–Crippen LogP) is 3.29. The van der Waals surface area contributed by atoms with Crippen LogP contribution >= 0.6 is 23.2 Å². The lowest BCUT2D eigenvalue weighted by Crippen LogP contribution is -2.49. The van der Waals surface area contributed by atoms with E-state index in [1.165, 1.54) is 24.4 Å². The van der Waals surface area contributed by atoms with Gasteiger partial charge in [0.15, 0.2) is 12.4 Å². The number of ketones is 2. The Morgan fingerprint density at radius 2 is 1.97 bits per heavy atom. The van der Waals surface area contributed by atoms with Crippen molar-refractivity contribution in [2.45, 2.75) is 25.3 Å². The molecule has 0 radical (unpaired) electrons. The van der Waals surface area contributed by atoms with E-state index in [9.17, 15) is 19.2 Å². The first-order valence-electron chi connectivity index (χ1n) is 12.3. The zero-order valence-electron chi connectivity index (χ0n) is 20.4. The third-order valence-corrected chi connectivity index (χ3v) is 8.45. The van der Waals surface area contributed by atoms with E-state index in [0.29, 0.717) is 17.6 Å². The monoisotopic (exact) mass is 570 g/mol. The van der Waals surface area contributed by atoms with Crippen molar-refractivity contribution in [2.75, 3.05) is 25.4 Å². The van der Waals surface area contributed by atoms with E-state index < -0.39 is 35.9 Å². The van der Waals surface area contributed by atoms with Crippen LogP contribution in [0.5, 0.6) is 0 Å². The van der Waals surface area contributed by atoms with Gasteiger partial charge in [-0.2, -0.15) is 0 Å². The van der Waals surface area contributed by atoms with Gasteiger partial charge in [-0.15, -0.1) is 0 Å². The number of hydrogen-bond acceptors (Lipinski definition) is 8. The average Bonchev–Trinajstić information content (AvgIpc) is 3.58. The summed E-state index contributed by atoms with van der Waals surface area (Å²) in [7, 11) is 0. The van der Waals surface area contributed by atoms with Crippen molar-refractivity contribution in [3.05, 3.63) is 68.2 Å². The van der Waals surface area contributed by atoms with E-state index in [4.69, 9.17) is 33.7 Å². The number of nitrogen functional groups attached to an aromatic ring is 1. The summed E-state index contributed by atoms with van der Waals surface area (Å²) in [5, 5.41) is -0.151. The van der Waals surface area contributed by atoms with Gasteiger partial charge >= 0.3 is 5.97 Å². The molecule has 1 aromatic heterocycles. The number of rotatable bonds is 4. The SMILES string of the molecule is Nc1ccc(C(=O)COC(=O)C2CN3C(=O)CC4(CC4)C3C3=C2C2=CC(=O)C=C(F)/C2=C(\Cl)C=NC3)c(Cl)n1. The van der Waals surface area contributed by atoms with Crippen molar-refractivity contribution in [3.8, 4) is 0 Å². The molecule has 2 atom stereocenters. The van der Waals surface area contributed by atoms with Crippen LogP contribution in [0.15, 0.2) is 62.4 Å². The Morgan fingerprint density at radius 3 is 2.69 bits per heavy atom. The molecule has 39 heavy (non-hydrogen) atoms. The first-order chi connectivity index (χ1) is 18.6. The van der Waals surface area contributed by atoms with Gasteiger partial charge in [0.05, 0.1) is 23.2 Å². The zero-order valence-corrected chi connectivity index (χ0v) is 21.9. The maximum absolute atomic E-state index is 15.1. The molecule has 1 spiro atoms. The van der Waals surface area contributed by atoms with Crippen LogP contribution in [0.25, 0.3) is 0 Å². The Morgan fingerprint density at radius 1 is 1.21 bits per heavy atom. The lowest BCUT2D eigenvalue weighted by molar-refractivity contribution is -0.147. The number of ether oxygens (including phenoxy) is 1. The van der Waals surface area contributed by atoms with Crippen molar-refractivity contribution in [1.82, 2.24) is 9.88 Å². The molecule has 4 heterocycles. The molecular formula is C27H21Cl2FN4O5. The summed E-state index contributed by atoms with van der Waals surface area (Å²) >= 11 is 12.4. The quantitative estimate of drug-likeness (QED) is 0.333. The summed E-state index contributed by atoms with van der Waals surface area (Å²) in [5.74, 6) is -3.96. The van der Waals surface area contributed by atoms with E-state index in [2.05, 4.69) is 9.98 Å². The number of aromatic nitrogens is 1. The fourth-order valence-corrected chi connectivity index (χ4v) is 6.56. The summed E-state index contributed by atoms with van der Waals surface area (Å²) in [4.78, 5) is 61.8. The number of anilines is 1. The van der Waals surface area contributed by atoms with E-state index >= 15 is 4.39 Å². The van der Waals surface area contributed by atoms with Crippen molar-refractivity contribution in [1.29, 1.82) is 0 Å². The minimum absolute atomic E-state index is 0.0205. The van der Waals surface area contributed by atoms with E-state index in [-0.39, 0.29) is 63.2 Å². The molecule has 6 rings (SSSR count). The van der Waals surface area contributed by atoms with Crippen molar-refractivity contribution in [3.63, 3.8) is 0 Å². The smallest absolute Gasteiger partial charge is 0.315 e. The van der Waals surface area contributed by atoms with Gasteiger partial charge < -0.3 is 15.4 Å². The molecule has 2 unspecified atom stereocenters. The molecule has 0 bridgehead atoms. The standard InChI is InChI=1S/C27H21Cl2FN4O5/c28-17-9-32-8-15-22(14-5-12(35)6-18(30)23(14)17)16(10-34-21(37)7-27(3-4-27)24(15)34)26(38)39-11-19(36)13-1-2-20(31)33-25(13)29/h1-2,5-6,9,16,24H,3-4,7-8,10-11H2,(H2,31,33)/b23-17-,32-9?. The van der Waals surface area contributed by atoms with Crippen LogP contribution in [0, 0.1) is 11.3 Å². The molecule has 2 N–H and O–H groups in total. The highest BCUT2D eigenvalue weighted by molar-refractivity contribution is 6.40. The molecule has 2 fully saturated rings. The molecule has 3 aliphatic heterocycles. The Kier molecular flexibility index (Phi) is 6.07. The van der Waals surface area contributed by atoms with Gasteiger partial charge in [-0.05, 0) is 47.8 Å². The molecule has 200 valence electrons. The van der Waals surface area contributed by atoms with E-state index in [0.717, 1.165) is 18.9 Å². The van der Waals surface area contributed by atoms with Crippen molar-refractivity contribution in [2.24, 2.45) is 16.3 Å². The third-order valence-electron chi connectivity index (χ3n) is 7.87. The largest absolute Gasteiger partial charge is 0.457 e. The Hall–Kier alpha value is -3.63. The molecule has 12 heteroatoms. The highest BCUT2D eigenvalue weighted by Gasteiger charge is 2.62. The number of carbonyl (C=O) groups is 4. The van der Waals surface area contributed by atoms with Gasteiger partial charge in [-0.3, -0.25) is 24.2 Å². The molecule has 1 saturated carbocycles. The molecule has 9 nitrogen and oxygen atoms in total. The molecule has 0 aromatic carbocycles. The van der Waals surface area contributed by atoms with E-state index in [1.807, 2.05) is 0 Å². The number of amides is 1. The number of Topliss-reactive ketones (excluding diaryl/α,β-unsaturated/α-hetero) is 1. The Labute approximate surface area is 231 Å². The van der Waals surface area contributed by atoms with Crippen molar-refractivity contribution >= 4 is 58.7 Å². The normalized spacial score (nSPS) is 26.8. The number of nitrogens with zero attached hydrogens (tertiary/aromatic N) is 3. The Bertz CT molecular complexity index is 1540. The van der Waals surface area contributed by atoms with Crippen LogP contribution in [0.3, 0.4) is 0 Å². The van der Waals surface area contributed by atoms with Crippen molar-refractivity contribution < 1.29 is 28.3 Å². The minimum Gasteiger partial charge on any atom is -0.457 e. The fourth-order valence-electron chi connectivity index (χ4n) is 6.03. The lowest BCUT2D eigenvalue weighted by Gasteiger charge is -2.41. The number of halogens is 3. The number of carbonyl (C=O) groups excluding carboxylic acids is 4. The zero-order chi connectivity index (χ0) is 27.6. The van der Waals surface area contributed by atoms with Crippen LogP contribution in [0.2, 0.25) is 5.15 Å². The third kappa shape index (κ3) is 4.22. The summed E-state index contributed by atoms with van der Waals surface area (Å²) < 4.78 is 20.6. The molecule has 1 saturated heterocycles. The summed E-state index contributed by atoms with van der Waals surface area (Å²) in [6.45, 7) is -0.605. The number of allylic oxidation sites excluding steroid dienone is 6. The molecule has 5 aliphatic rings. The molecule has 1 aromatic rings. The van der Waals surface area contributed by atoms with Gasteiger partial charge in [-0.25, -0.2) is 9.37 Å². The molecular weight excluding hydrogens is 550 g/mol. The second kappa shape index (κ2) is 9.24. The molecule has 1 amide bonds. The number of hydrogen-bond donors (Lipinski definition) is 1. The second-order valence-corrected chi connectivity index (χ2v) is 11.0. The maximum Gasteiger partial charge on any atom is 0.315 e. The van der Waals surface area contributed by atoms with Crippen LogP contribution in [-0.2, 0) is 19.1 Å². The fraction of sp³-hybridized carbons (Fsp3) is 0.333. The number of pyridine rings is 1. The highest BCUT2D eigenvalue weighted by Crippen LogP contribution is 2.62. The predicted molar refractivity (Wildman–Crippen MR) is 140 cm³/mol. The van der Waals surface area contributed by atoms with Crippen LogP contribution < -0.4 is 5.73 Å². The van der Waals surface area contributed by atoms with Gasteiger partial charge in [-0.1, -0.05) is 23.2 Å². The summed E-state index contributed by atoms with van der Waals surface area (Å²) in [6, 6.07) is 2.43. The maximum atomic E-state index is 15.1. The van der Waals surface area contributed by atoms with Crippen LogP contribution in [0.1, 0.15) is 29.6 Å². The number of aliphatic imine (C=N–C) groups is 1. The van der Waals surface area contributed by atoms with Crippen LogP contribution in [0.4, 0.5) is 10.2 Å². The number of fused-ring (bicyclic) bond motifs is 5. The van der Waals surface area contributed by atoms with Gasteiger partial charge in [0.25, 0.3) is 0 Å². The minimum atomic E-state index is -1.11. The van der Waals surface area contributed by atoms with Gasteiger partial charge in [0, 0.05) is 36.2 Å². The number of esters is 1. The summed E-state index contributed by atoms with van der Waals surface area (Å²) in [6.07, 6.45) is 5.38. The topological polar surface area (TPSA) is 132 Å². The highest BCUT2D eigenvalue weighted by atomic mass is 35.5. The lowest BCUT2D eigenvalue weighted by atomic mass is 9.74. The molecule has 2 aliphatic carbocycles. The first kappa shape index (κ1) is 25.6. The van der Waals surface area contributed by atoms with Crippen LogP contribution in [-0.4, -0.2) is 65.3 Å². The van der Waals surface area contributed by atoms with E-state index in [1.54, 1.807) is 4.90 Å².